The molecule has 9 nitrogen and oxygen atoms in total. The van der Waals surface area contributed by atoms with Crippen LogP contribution < -0.4 is 0 Å². The lowest BCUT2D eigenvalue weighted by Crippen LogP contribution is -2.31. The molecule has 178 valence electrons. The molecule has 4 heterocycles. The maximum atomic E-state index is 9.82. The van der Waals surface area contributed by atoms with Crippen LogP contribution in [0.5, 0.6) is 0 Å². The van der Waals surface area contributed by atoms with E-state index in [0.717, 1.165) is 49.4 Å². The first-order chi connectivity index (χ1) is 17.1. The van der Waals surface area contributed by atoms with E-state index in [-0.39, 0.29) is 0 Å². The van der Waals surface area contributed by atoms with Crippen LogP contribution in [0.1, 0.15) is 36.5 Å². The average Bonchev–Trinajstić information content (AvgIpc) is 3.65. The van der Waals surface area contributed by atoms with Crippen molar-refractivity contribution in [2.45, 2.75) is 32.5 Å². The van der Waals surface area contributed by atoms with Crippen molar-refractivity contribution in [3.8, 4) is 23.2 Å². The molecule has 0 bridgehead atoms. The van der Waals surface area contributed by atoms with E-state index in [2.05, 4.69) is 43.0 Å². The van der Waals surface area contributed by atoms with Gasteiger partial charge in [0.05, 0.1) is 13.1 Å². The minimum Gasteiger partial charge on any atom is -0.385 e. The Bertz CT molecular complexity index is 1340. The normalized spacial score (nSPS) is 14.9. The van der Waals surface area contributed by atoms with Crippen LogP contribution in [0.4, 0.5) is 0 Å². The van der Waals surface area contributed by atoms with Crippen molar-refractivity contribution in [3.05, 3.63) is 84.1 Å². The van der Waals surface area contributed by atoms with Crippen LogP contribution in [0.3, 0.4) is 0 Å². The van der Waals surface area contributed by atoms with Gasteiger partial charge in [-0.15, -0.1) is 0 Å². The standard InChI is InChI=1S/C26H27N7O2/c1-20(34)26-28-10-13-32(26)17-24-16-25(35-30-24)23-6-4-21(5-7-23)2-3-22-8-11-31(12-9-22)14-15-33-19-27-18-29-33/h4-8,10,13,16,18-20,34H,9,11-12,14-15,17H2,1H3/t20-/m0/s1. The molecule has 0 saturated carbocycles. The molecule has 4 aromatic rings. The van der Waals surface area contributed by atoms with Gasteiger partial charge in [0.25, 0.3) is 0 Å². The minimum absolute atomic E-state index is 0.486. The summed E-state index contributed by atoms with van der Waals surface area (Å²) >= 11 is 0. The summed E-state index contributed by atoms with van der Waals surface area (Å²) in [6, 6.07) is 9.90. The summed E-state index contributed by atoms with van der Waals surface area (Å²) in [6.07, 6.45) is 9.34. The third-order valence-corrected chi connectivity index (χ3v) is 5.95. The van der Waals surface area contributed by atoms with E-state index < -0.39 is 6.10 Å². The zero-order valence-electron chi connectivity index (χ0n) is 19.6. The van der Waals surface area contributed by atoms with Crippen LogP contribution in [0.15, 0.2) is 71.6 Å². The van der Waals surface area contributed by atoms with Crippen LogP contribution in [0, 0.1) is 11.8 Å². The van der Waals surface area contributed by atoms with Crippen LogP contribution in [-0.4, -0.2) is 59.1 Å². The summed E-state index contributed by atoms with van der Waals surface area (Å²) in [6.45, 7) is 5.89. The minimum atomic E-state index is -0.640. The molecule has 35 heavy (non-hydrogen) atoms. The summed E-state index contributed by atoms with van der Waals surface area (Å²) in [5.74, 6) is 7.89. The Kier molecular flexibility index (Phi) is 6.84. The second-order valence-corrected chi connectivity index (χ2v) is 8.54. The van der Waals surface area contributed by atoms with E-state index in [1.54, 1.807) is 25.8 Å². The summed E-state index contributed by atoms with van der Waals surface area (Å²) in [5.41, 5.74) is 3.85. The molecule has 0 unspecified atom stereocenters. The number of nitrogens with zero attached hydrogens (tertiary/aromatic N) is 7. The molecule has 1 atom stereocenters. The molecule has 0 spiro atoms. The molecule has 1 N–H and O–H groups in total. The van der Waals surface area contributed by atoms with E-state index in [1.807, 2.05) is 45.8 Å². The molecule has 0 fully saturated rings. The van der Waals surface area contributed by atoms with Crippen molar-refractivity contribution in [1.82, 2.24) is 34.4 Å². The third kappa shape index (κ3) is 5.74. The van der Waals surface area contributed by atoms with Crippen LogP contribution in [0.2, 0.25) is 0 Å². The monoisotopic (exact) mass is 469 g/mol. The molecule has 0 saturated heterocycles. The van der Waals surface area contributed by atoms with E-state index in [1.165, 1.54) is 5.57 Å². The fraction of sp³-hybridized carbons (Fsp3) is 0.308. The molecule has 9 heteroatoms. The SMILES string of the molecule is C[C@H](O)c1nccn1Cc1cc(-c2ccc(C#CC3=CCN(CCn4cncn4)CC3)cc2)on1. The van der Waals surface area contributed by atoms with Gasteiger partial charge in [-0.1, -0.05) is 23.1 Å². The molecular weight excluding hydrogens is 442 g/mol. The number of rotatable bonds is 7. The quantitative estimate of drug-likeness (QED) is 0.416. The molecule has 0 amide bonds. The first-order valence-corrected chi connectivity index (χ1v) is 11.6. The van der Waals surface area contributed by atoms with Gasteiger partial charge in [-0.05, 0) is 37.6 Å². The van der Waals surface area contributed by atoms with Crippen LogP contribution >= 0.6 is 0 Å². The fourth-order valence-electron chi connectivity index (χ4n) is 4.01. The van der Waals surface area contributed by atoms with E-state index >= 15 is 0 Å². The maximum Gasteiger partial charge on any atom is 0.167 e. The topological polar surface area (TPSA) is 98.0 Å². The van der Waals surface area contributed by atoms with Gasteiger partial charge < -0.3 is 14.2 Å². The lowest BCUT2D eigenvalue weighted by atomic mass is 10.1. The second kappa shape index (κ2) is 10.5. The van der Waals surface area contributed by atoms with Gasteiger partial charge in [0, 0.05) is 54.8 Å². The van der Waals surface area contributed by atoms with Gasteiger partial charge in [-0.3, -0.25) is 9.58 Å². The van der Waals surface area contributed by atoms with E-state index in [4.69, 9.17) is 4.52 Å². The summed E-state index contributed by atoms with van der Waals surface area (Å²) in [5, 5.41) is 18.1. The maximum absolute atomic E-state index is 9.82. The van der Waals surface area contributed by atoms with Crippen molar-refractivity contribution in [2.24, 2.45) is 0 Å². The van der Waals surface area contributed by atoms with Crippen molar-refractivity contribution in [2.75, 3.05) is 19.6 Å². The number of hydrogen-bond donors (Lipinski definition) is 1. The van der Waals surface area contributed by atoms with Gasteiger partial charge in [0.2, 0.25) is 0 Å². The predicted molar refractivity (Wildman–Crippen MR) is 130 cm³/mol. The summed E-state index contributed by atoms with van der Waals surface area (Å²) in [4.78, 5) is 10.6. The highest BCUT2D eigenvalue weighted by atomic mass is 16.5. The molecule has 5 rings (SSSR count). The Morgan fingerprint density at radius 2 is 2.06 bits per heavy atom. The van der Waals surface area contributed by atoms with Crippen molar-refractivity contribution in [3.63, 3.8) is 0 Å². The fourth-order valence-corrected chi connectivity index (χ4v) is 4.01. The molecule has 0 aliphatic carbocycles. The average molecular weight is 470 g/mol. The van der Waals surface area contributed by atoms with Gasteiger partial charge in [-0.2, -0.15) is 5.10 Å². The molecule has 1 aliphatic heterocycles. The lowest BCUT2D eigenvalue weighted by molar-refractivity contribution is 0.184. The summed E-state index contributed by atoms with van der Waals surface area (Å²) in [7, 11) is 0. The highest BCUT2D eigenvalue weighted by Crippen LogP contribution is 2.22. The molecule has 1 aromatic carbocycles. The molecular formula is C26H27N7O2. The first kappa shape index (κ1) is 22.8. The van der Waals surface area contributed by atoms with Gasteiger partial charge in [-0.25, -0.2) is 9.97 Å². The molecule has 3 aromatic heterocycles. The van der Waals surface area contributed by atoms with Crippen LogP contribution in [0.25, 0.3) is 11.3 Å². The Morgan fingerprint density at radius 1 is 1.17 bits per heavy atom. The lowest BCUT2D eigenvalue weighted by Gasteiger charge is -2.24. The number of aromatic nitrogens is 6. The molecule has 1 aliphatic rings. The van der Waals surface area contributed by atoms with E-state index in [0.29, 0.717) is 18.1 Å². The number of imidazole rings is 1. The highest BCUT2D eigenvalue weighted by molar-refractivity contribution is 5.59. The Hall–Kier alpha value is -4.00. The summed E-state index contributed by atoms with van der Waals surface area (Å²) < 4.78 is 9.26. The number of aliphatic hydroxyl groups excluding tert-OH is 1. The van der Waals surface area contributed by atoms with Gasteiger partial charge in [0.15, 0.2) is 5.76 Å². The predicted octanol–water partition coefficient (Wildman–Crippen LogP) is 2.92. The smallest absolute Gasteiger partial charge is 0.167 e. The number of hydrogen-bond acceptors (Lipinski definition) is 7. The van der Waals surface area contributed by atoms with Crippen LogP contribution in [-0.2, 0) is 13.1 Å². The Balaban J connectivity index is 1.16. The van der Waals surface area contributed by atoms with Gasteiger partial charge in [0.1, 0.15) is 30.3 Å². The Morgan fingerprint density at radius 3 is 2.80 bits per heavy atom. The van der Waals surface area contributed by atoms with Crippen molar-refractivity contribution in [1.29, 1.82) is 0 Å². The van der Waals surface area contributed by atoms with E-state index in [9.17, 15) is 5.11 Å². The molecule has 0 radical (unpaired) electrons. The zero-order valence-corrected chi connectivity index (χ0v) is 19.6. The Labute approximate surface area is 203 Å². The number of aliphatic hydroxyl groups is 1. The van der Waals surface area contributed by atoms with Gasteiger partial charge >= 0.3 is 0 Å². The second-order valence-electron chi connectivity index (χ2n) is 8.54. The largest absolute Gasteiger partial charge is 0.385 e. The highest BCUT2D eigenvalue weighted by Gasteiger charge is 2.13. The third-order valence-electron chi connectivity index (χ3n) is 5.95. The van der Waals surface area contributed by atoms with Crippen molar-refractivity contribution < 1.29 is 9.63 Å². The number of benzene rings is 1. The zero-order chi connectivity index (χ0) is 24.0. The van der Waals surface area contributed by atoms with Crippen molar-refractivity contribution >= 4 is 0 Å². The first-order valence-electron chi connectivity index (χ1n) is 11.6.